The number of furan rings is 1. The van der Waals surface area contributed by atoms with Gasteiger partial charge in [0.25, 0.3) is 0 Å². The van der Waals surface area contributed by atoms with Crippen LogP contribution in [0.2, 0.25) is 0 Å². The molecule has 2 heterocycles. The van der Waals surface area contributed by atoms with Crippen molar-refractivity contribution in [2.45, 2.75) is 71.7 Å². The van der Waals surface area contributed by atoms with Crippen LogP contribution in [-0.4, -0.2) is 56.2 Å². The van der Waals surface area contributed by atoms with E-state index in [1.807, 2.05) is 13.0 Å². The van der Waals surface area contributed by atoms with Crippen molar-refractivity contribution in [1.29, 1.82) is 0 Å². The Labute approximate surface area is 227 Å². The predicted octanol–water partition coefficient (Wildman–Crippen LogP) is 3.92. The number of hydrogen-bond donors (Lipinski definition) is 0. The molecule has 0 aromatic carbocycles. The number of esters is 3. The van der Waals surface area contributed by atoms with E-state index in [9.17, 15) is 19.2 Å². The highest BCUT2D eigenvalue weighted by atomic mass is 16.6. The summed E-state index contributed by atoms with van der Waals surface area (Å²) >= 11 is 0. The molecule has 1 saturated carbocycles. The minimum absolute atomic E-state index is 0.0419. The van der Waals surface area contributed by atoms with Crippen LogP contribution in [0.15, 0.2) is 46.3 Å². The molecule has 210 valence electrons. The van der Waals surface area contributed by atoms with Crippen LogP contribution in [0.25, 0.3) is 0 Å². The van der Waals surface area contributed by atoms with Crippen LogP contribution in [-0.2, 0) is 38.1 Å². The van der Waals surface area contributed by atoms with Gasteiger partial charge in [-0.05, 0) is 49.5 Å². The number of hydrogen-bond acceptors (Lipinski definition) is 9. The van der Waals surface area contributed by atoms with Gasteiger partial charge in [0.1, 0.15) is 12.2 Å². The van der Waals surface area contributed by atoms with Crippen molar-refractivity contribution in [1.82, 2.24) is 0 Å². The van der Waals surface area contributed by atoms with Crippen molar-refractivity contribution >= 4 is 23.7 Å². The summed E-state index contributed by atoms with van der Waals surface area (Å²) < 4.78 is 28.5. The quantitative estimate of drug-likeness (QED) is 0.311. The molecule has 4 aliphatic rings. The van der Waals surface area contributed by atoms with E-state index in [0.717, 1.165) is 16.7 Å². The van der Waals surface area contributed by atoms with E-state index in [-0.39, 0.29) is 24.2 Å². The van der Waals surface area contributed by atoms with Crippen LogP contribution in [0.4, 0.5) is 0 Å². The minimum Gasteiger partial charge on any atom is -0.472 e. The molecule has 1 saturated heterocycles. The van der Waals surface area contributed by atoms with Gasteiger partial charge in [-0.15, -0.1) is 0 Å². The zero-order valence-electron chi connectivity index (χ0n) is 23.4. The Kier molecular flexibility index (Phi) is 6.44. The van der Waals surface area contributed by atoms with Crippen molar-refractivity contribution in [3.05, 3.63) is 47.5 Å². The summed E-state index contributed by atoms with van der Waals surface area (Å²) in [5.74, 6) is -3.26. The Morgan fingerprint density at radius 1 is 1.10 bits per heavy atom. The number of methoxy groups -OCH3 is 2. The second-order valence-electron chi connectivity index (χ2n) is 11.9. The van der Waals surface area contributed by atoms with Gasteiger partial charge >= 0.3 is 17.9 Å². The predicted molar refractivity (Wildman–Crippen MR) is 137 cm³/mol. The van der Waals surface area contributed by atoms with Crippen LogP contribution in [0.1, 0.15) is 58.9 Å². The lowest BCUT2D eigenvalue weighted by Crippen LogP contribution is -2.70. The Balaban J connectivity index is 1.78. The normalized spacial score (nSPS) is 40.5. The Hall–Kier alpha value is -3.20. The zero-order valence-corrected chi connectivity index (χ0v) is 23.4. The lowest BCUT2D eigenvalue weighted by Gasteiger charge is -2.62. The molecule has 3 aliphatic carbocycles. The molecule has 0 radical (unpaired) electrons. The van der Waals surface area contributed by atoms with Gasteiger partial charge in [0.15, 0.2) is 5.78 Å². The van der Waals surface area contributed by atoms with Gasteiger partial charge in [-0.25, -0.2) is 0 Å². The van der Waals surface area contributed by atoms with Crippen molar-refractivity contribution in [2.24, 2.45) is 28.1 Å². The third-order valence-electron chi connectivity index (χ3n) is 10.2. The van der Waals surface area contributed by atoms with Crippen LogP contribution in [0.5, 0.6) is 0 Å². The first-order chi connectivity index (χ1) is 18.3. The summed E-state index contributed by atoms with van der Waals surface area (Å²) in [5, 5.41) is 0. The first-order valence-corrected chi connectivity index (χ1v) is 13.3. The third kappa shape index (κ3) is 3.61. The van der Waals surface area contributed by atoms with Crippen molar-refractivity contribution < 1.29 is 42.5 Å². The van der Waals surface area contributed by atoms with Gasteiger partial charge in [0.05, 0.1) is 44.7 Å². The van der Waals surface area contributed by atoms with Gasteiger partial charge < -0.3 is 23.4 Å². The van der Waals surface area contributed by atoms with E-state index < -0.39 is 58.2 Å². The molecule has 9 atom stereocenters. The molecule has 0 amide bonds. The Morgan fingerprint density at radius 2 is 1.82 bits per heavy atom. The van der Waals surface area contributed by atoms with Gasteiger partial charge in [-0.2, -0.15) is 0 Å². The number of carbonyl (C=O) groups excluding carboxylic acids is 4. The molecule has 0 N–H and O–H groups in total. The summed E-state index contributed by atoms with van der Waals surface area (Å²) in [7, 11) is 2.60. The highest BCUT2D eigenvalue weighted by Gasteiger charge is 2.75. The molecule has 0 spiro atoms. The summed E-state index contributed by atoms with van der Waals surface area (Å²) in [4.78, 5) is 52.9. The summed E-state index contributed by atoms with van der Waals surface area (Å²) in [6.07, 6.45) is 4.88. The fourth-order valence-electron chi connectivity index (χ4n) is 8.57. The largest absolute Gasteiger partial charge is 0.472 e. The SMILES string of the molecule is COC(=O)C[C@H]1[C@]2(C)C3=C(C)[C@H](c4ccoc4)CC3O[C@@H]2[C@H](OC(C)=O)C2[C@](C)(C(=O)OC)C=CC(=O)[C@@]21C. The molecule has 0 bridgehead atoms. The lowest BCUT2D eigenvalue weighted by molar-refractivity contribution is -0.226. The minimum atomic E-state index is -1.32. The van der Waals surface area contributed by atoms with E-state index in [1.54, 1.807) is 26.4 Å². The molecule has 5 rings (SSSR count). The molecule has 1 aliphatic heterocycles. The molecule has 39 heavy (non-hydrogen) atoms. The standard InChI is InChI=1S/C30H36O9/c1-15-18(17-9-11-37-14-17)12-19-23(15)30(5)20(13-22(33)35-6)29(4)21(32)8-10-28(3,27(34)36-7)25(29)24(26(30)39-19)38-16(2)31/h8-11,14,18-20,24-26H,12-13H2,1-7H3/t18-,19?,20-,24-,25?,26-,28-,29+,30-/m1/s1. The van der Waals surface area contributed by atoms with E-state index in [2.05, 4.69) is 6.92 Å². The fourth-order valence-corrected chi connectivity index (χ4v) is 8.57. The first kappa shape index (κ1) is 27.4. The number of ketones is 1. The number of fused-ring (bicyclic) bond motifs is 4. The van der Waals surface area contributed by atoms with Crippen LogP contribution in [0, 0.1) is 28.1 Å². The lowest BCUT2D eigenvalue weighted by atomic mass is 9.41. The Morgan fingerprint density at radius 3 is 2.41 bits per heavy atom. The number of rotatable bonds is 5. The Bertz CT molecular complexity index is 1280. The maximum absolute atomic E-state index is 14.0. The molecular formula is C30H36O9. The van der Waals surface area contributed by atoms with E-state index in [4.69, 9.17) is 23.4 Å². The van der Waals surface area contributed by atoms with Crippen LogP contribution < -0.4 is 0 Å². The van der Waals surface area contributed by atoms with E-state index in [0.29, 0.717) is 6.42 Å². The van der Waals surface area contributed by atoms with Gasteiger partial charge in [-0.1, -0.05) is 25.5 Å². The molecule has 1 aromatic rings. The molecule has 2 unspecified atom stereocenters. The molecule has 9 heteroatoms. The molecule has 2 fully saturated rings. The van der Waals surface area contributed by atoms with Crippen molar-refractivity contribution in [2.75, 3.05) is 14.2 Å². The third-order valence-corrected chi connectivity index (χ3v) is 10.2. The van der Waals surface area contributed by atoms with Crippen molar-refractivity contribution in [3.8, 4) is 0 Å². The topological polar surface area (TPSA) is 118 Å². The smallest absolute Gasteiger partial charge is 0.315 e. The summed E-state index contributed by atoms with van der Waals surface area (Å²) in [6.45, 7) is 8.83. The van der Waals surface area contributed by atoms with Gasteiger partial charge in [0.2, 0.25) is 0 Å². The average Bonchev–Trinajstić information content (AvgIpc) is 3.60. The highest BCUT2D eigenvalue weighted by Crippen LogP contribution is 2.70. The fraction of sp³-hybridized carbons (Fsp3) is 0.600. The van der Waals surface area contributed by atoms with Crippen LogP contribution in [0.3, 0.4) is 0 Å². The molecule has 1 aromatic heterocycles. The van der Waals surface area contributed by atoms with Crippen molar-refractivity contribution in [3.63, 3.8) is 0 Å². The molecular weight excluding hydrogens is 504 g/mol. The summed E-state index contributed by atoms with van der Waals surface area (Å²) in [6, 6.07) is 1.93. The maximum atomic E-state index is 14.0. The number of allylic oxidation sites excluding steroid dienone is 2. The van der Waals surface area contributed by atoms with Crippen LogP contribution >= 0.6 is 0 Å². The molecule has 9 nitrogen and oxygen atoms in total. The van der Waals surface area contributed by atoms with E-state index in [1.165, 1.54) is 33.3 Å². The number of carbonyl (C=O) groups is 4. The highest BCUT2D eigenvalue weighted by molar-refractivity contribution is 5.99. The second-order valence-corrected chi connectivity index (χ2v) is 11.9. The number of ether oxygens (including phenoxy) is 4. The first-order valence-electron chi connectivity index (χ1n) is 13.3. The zero-order chi connectivity index (χ0) is 28.5. The van der Waals surface area contributed by atoms with Gasteiger partial charge in [-0.3, -0.25) is 19.2 Å². The maximum Gasteiger partial charge on any atom is 0.315 e. The average molecular weight is 541 g/mol. The van der Waals surface area contributed by atoms with E-state index >= 15 is 0 Å². The monoisotopic (exact) mass is 540 g/mol. The summed E-state index contributed by atoms with van der Waals surface area (Å²) in [5.41, 5.74) is -0.391. The second kappa shape index (κ2) is 9.18. The van der Waals surface area contributed by atoms with Gasteiger partial charge in [0, 0.05) is 29.6 Å².